The van der Waals surface area contributed by atoms with E-state index in [0.717, 1.165) is 12.8 Å². The van der Waals surface area contributed by atoms with E-state index in [-0.39, 0.29) is 17.4 Å². The quantitative estimate of drug-likeness (QED) is 0.678. The van der Waals surface area contributed by atoms with Gasteiger partial charge in [0.05, 0.1) is 18.5 Å². The van der Waals surface area contributed by atoms with Gasteiger partial charge in [0, 0.05) is 13.1 Å². The van der Waals surface area contributed by atoms with Gasteiger partial charge in [-0.25, -0.2) is 4.98 Å². The molecular formula is C10H14N4O2. The third-order valence-electron chi connectivity index (χ3n) is 2.56. The van der Waals surface area contributed by atoms with Gasteiger partial charge in [-0.3, -0.25) is 9.78 Å². The van der Waals surface area contributed by atoms with Crippen LogP contribution in [0.15, 0.2) is 12.4 Å². The number of nitrogen functional groups attached to an aromatic ring is 1. The average molecular weight is 222 g/mol. The Balaban J connectivity index is 2.12. The second kappa shape index (κ2) is 4.44. The largest absolute Gasteiger partial charge is 0.391 e. The lowest BCUT2D eigenvalue weighted by atomic mass is 10.1. The average Bonchev–Trinajstić information content (AvgIpc) is 2.28. The molecule has 0 spiro atoms. The monoisotopic (exact) mass is 222 g/mol. The van der Waals surface area contributed by atoms with Crippen molar-refractivity contribution in [3.05, 3.63) is 18.1 Å². The maximum atomic E-state index is 12.0. The Morgan fingerprint density at radius 2 is 2.38 bits per heavy atom. The van der Waals surface area contributed by atoms with Crippen LogP contribution in [0.1, 0.15) is 23.3 Å². The second-order valence-corrected chi connectivity index (χ2v) is 3.88. The number of nitrogens with two attached hydrogens (primary N) is 1. The van der Waals surface area contributed by atoms with Crippen molar-refractivity contribution in [2.45, 2.75) is 18.9 Å². The third kappa shape index (κ3) is 2.27. The molecule has 1 unspecified atom stereocenters. The fourth-order valence-corrected chi connectivity index (χ4v) is 1.79. The van der Waals surface area contributed by atoms with Crippen molar-refractivity contribution in [1.82, 2.24) is 14.9 Å². The standard InChI is InChI=1S/C10H14N4O2/c11-9-5-12-4-8(13-9)10(16)14-3-1-2-7(15)6-14/h4-5,7,15H,1-3,6H2,(H2,11,13). The molecule has 1 fully saturated rings. The predicted octanol–water partition coefficient (Wildman–Crippen LogP) is -0.344. The van der Waals surface area contributed by atoms with Crippen LogP contribution in [0.3, 0.4) is 0 Å². The van der Waals surface area contributed by atoms with Gasteiger partial charge in [-0.15, -0.1) is 0 Å². The number of aliphatic hydroxyl groups excluding tert-OH is 1. The van der Waals surface area contributed by atoms with Gasteiger partial charge in [-0.1, -0.05) is 0 Å². The van der Waals surface area contributed by atoms with Gasteiger partial charge in [0.25, 0.3) is 5.91 Å². The highest BCUT2D eigenvalue weighted by atomic mass is 16.3. The molecule has 0 aromatic carbocycles. The number of hydrogen-bond donors (Lipinski definition) is 2. The third-order valence-corrected chi connectivity index (χ3v) is 2.56. The van der Waals surface area contributed by atoms with Gasteiger partial charge in [-0.2, -0.15) is 0 Å². The van der Waals surface area contributed by atoms with E-state index in [1.807, 2.05) is 0 Å². The predicted molar refractivity (Wildman–Crippen MR) is 57.6 cm³/mol. The Morgan fingerprint density at radius 3 is 3.06 bits per heavy atom. The van der Waals surface area contributed by atoms with E-state index in [1.54, 1.807) is 4.90 Å². The van der Waals surface area contributed by atoms with Gasteiger partial charge in [0.2, 0.25) is 0 Å². The first kappa shape index (κ1) is 10.8. The number of aromatic nitrogens is 2. The summed E-state index contributed by atoms with van der Waals surface area (Å²) in [6.45, 7) is 1.00. The molecule has 6 nitrogen and oxygen atoms in total. The minimum atomic E-state index is -0.438. The van der Waals surface area contributed by atoms with Crippen LogP contribution in [0.25, 0.3) is 0 Å². The van der Waals surface area contributed by atoms with E-state index in [0.29, 0.717) is 13.1 Å². The van der Waals surface area contributed by atoms with Crippen molar-refractivity contribution >= 4 is 11.7 Å². The molecule has 1 amide bonds. The molecule has 16 heavy (non-hydrogen) atoms. The van der Waals surface area contributed by atoms with E-state index in [1.165, 1.54) is 12.4 Å². The van der Waals surface area contributed by atoms with Crippen molar-refractivity contribution in [2.24, 2.45) is 0 Å². The number of likely N-dealkylation sites (tertiary alicyclic amines) is 1. The Bertz CT molecular complexity index is 396. The first-order valence-corrected chi connectivity index (χ1v) is 5.21. The summed E-state index contributed by atoms with van der Waals surface area (Å²) in [5.41, 5.74) is 5.69. The number of nitrogens with zero attached hydrogens (tertiary/aromatic N) is 3. The summed E-state index contributed by atoms with van der Waals surface area (Å²) in [6.07, 6.45) is 3.89. The van der Waals surface area contributed by atoms with Crippen LogP contribution in [-0.2, 0) is 0 Å². The Morgan fingerprint density at radius 1 is 1.56 bits per heavy atom. The van der Waals surface area contributed by atoms with E-state index in [4.69, 9.17) is 5.73 Å². The van der Waals surface area contributed by atoms with Crippen LogP contribution < -0.4 is 5.73 Å². The number of β-amino-alcohol motifs (C(OH)–C–C–N with tert-alkyl or cyclic N) is 1. The van der Waals surface area contributed by atoms with Gasteiger partial charge in [0.1, 0.15) is 11.5 Å². The molecule has 1 aromatic heterocycles. The molecule has 3 N–H and O–H groups in total. The van der Waals surface area contributed by atoms with Gasteiger partial charge >= 0.3 is 0 Å². The minimum Gasteiger partial charge on any atom is -0.391 e. The second-order valence-electron chi connectivity index (χ2n) is 3.88. The van der Waals surface area contributed by atoms with E-state index in [2.05, 4.69) is 9.97 Å². The Labute approximate surface area is 93.1 Å². The van der Waals surface area contributed by atoms with E-state index in [9.17, 15) is 9.90 Å². The van der Waals surface area contributed by atoms with Crippen molar-refractivity contribution in [3.8, 4) is 0 Å². The number of aliphatic hydroxyl groups is 1. The van der Waals surface area contributed by atoms with Gasteiger partial charge in [0.15, 0.2) is 0 Å². The molecule has 2 heterocycles. The topological polar surface area (TPSA) is 92.3 Å². The molecule has 0 radical (unpaired) electrons. The number of carbonyl (C=O) groups excluding carboxylic acids is 1. The summed E-state index contributed by atoms with van der Waals surface area (Å²) in [7, 11) is 0. The number of amides is 1. The number of hydrogen-bond acceptors (Lipinski definition) is 5. The lowest BCUT2D eigenvalue weighted by Gasteiger charge is -2.29. The van der Waals surface area contributed by atoms with E-state index < -0.39 is 6.10 Å². The molecule has 86 valence electrons. The van der Waals surface area contributed by atoms with Crippen molar-refractivity contribution in [2.75, 3.05) is 18.8 Å². The fraction of sp³-hybridized carbons (Fsp3) is 0.500. The molecule has 0 bridgehead atoms. The highest BCUT2D eigenvalue weighted by molar-refractivity contribution is 5.92. The van der Waals surface area contributed by atoms with Gasteiger partial charge < -0.3 is 15.7 Å². The first-order valence-electron chi connectivity index (χ1n) is 5.21. The highest BCUT2D eigenvalue weighted by Gasteiger charge is 2.23. The normalized spacial score (nSPS) is 20.8. The zero-order valence-electron chi connectivity index (χ0n) is 8.83. The van der Waals surface area contributed by atoms with Crippen molar-refractivity contribution in [3.63, 3.8) is 0 Å². The highest BCUT2D eigenvalue weighted by Crippen LogP contribution is 2.12. The first-order chi connectivity index (χ1) is 7.66. The molecular weight excluding hydrogens is 208 g/mol. The molecule has 0 saturated carbocycles. The van der Waals surface area contributed by atoms with Crippen LogP contribution in [0.5, 0.6) is 0 Å². The number of carbonyl (C=O) groups is 1. The van der Waals surface area contributed by atoms with Crippen LogP contribution in [0, 0.1) is 0 Å². The maximum Gasteiger partial charge on any atom is 0.274 e. The number of rotatable bonds is 1. The smallest absolute Gasteiger partial charge is 0.274 e. The Hall–Kier alpha value is -1.69. The van der Waals surface area contributed by atoms with Crippen molar-refractivity contribution in [1.29, 1.82) is 0 Å². The molecule has 0 aliphatic carbocycles. The van der Waals surface area contributed by atoms with Gasteiger partial charge in [-0.05, 0) is 12.8 Å². The molecule has 1 aliphatic heterocycles. The molecule has 2 rings (SSSR count). The van der Waals surface area contributed by atoms with Crippen LogP contribution in [-0.4, -0.2) is 45.1 Å². The minimum absolute atomic E-state index is 0.224. The van der Waals surface area contributed by atoms with E-state index >= 15 is 0 Å². The van der Waals surface area contributed by atoms with Crippen LogP contribution in [0.4, 0.5) is 5.82 Å². The fourth-order valence-electron chi connectivity index (χ4n) is 1.79. The summed E-state index contributed by atoms with van der Waals surface area (Å²) in [4.78, 5) is 21.3. The lowest BCUT2D eigenvalue weighted by molar-refractivity contribution is 0.0468. The summed E-state index contributed by atoms with van der Waals surface area (Å²) < 4.78 is 0. The SMILES string of the molecule is Nc1cncc(C(=O)N2CCCC(O)C2)n1. The Kier molecular flexibility index (Phi) is 3.00. The summed E-state index contributed by atoms with van der Waals surface area (Å²) in [5, 5.41) is 9.48. The maximum absolute atomic E-state index is 12.0. The molecule has 1 saturated heterocycles. The lowest BCUT2D eigenvalue weighted by Crippen LogP contribution is -2.42. The van der Waals surface area contributed by atoms with Crippen LogP contribution in [0.2, 0.25) is 0 Å². The van der Waals surface area contributed by atoms with Crippen molar-refractivity contribution < 1.29 is 9.90 Å². The summed E-state index contributed by atoms with van der Waals surface area (Å²) in [6, 6.07) is 0. The number of piperidine rings is 1. The zero-order chi connectivity index (χ0) is 11.5. The summed E-state index contributed by atoms with van der Waals surface area (Å²) >= 11 is 0. The zero-order valence-corrected chi connectivity index (χ0v) is 8.83. The molecule has 1 aromatic rings. The number of anilines is 1. The molecule has 1 atom stereocenters. The van der Waals surface area contributed by atoms with Crippen LogP contribution >= 0.6 is 0 Å². The molecule has 1 aliphatic rings. The molecule has 6 heteroatoms. The summed E-state index contributed by atoms with van der Waals surface area (Å²) in [5.74, 6) is 0.00181.